The third-order valence-corrected chi connectivity index (χ3v) is 6.44. The molecule has 2 unspecified atom stereocenters. The molecule has 2 rings (SSSR count). The van der Waals surface area contributed by atoms with Crippen LogP contribution in [0, 0.1) is 10.1 Å². The average molecular weight is 383 g/mol. The molecule has 9 heteroatoms. The molecule has 0 spiro atoms. The molecule has 0 bridgehead atoms. The number of non-ortho nitro benzene ring substituents is 1. The van der Waals surface area contributed by atoms with Crippen molar-refractivity contribution in [3.63, 3.8) is 0 Å². The molecule has 1 N–H and O–H groups in total. The summed E-state index contributed by atoms with van der Waals surface area (Å²) in [6.45, 7) is 4.19. The van der Waals surface area contributed by atoms with Crippen molar-refractivity contribution in [3.8, 4) is 0 Å². The molecule has 1 aromatic carbocycles. The highest BCUT2D eigenvalue weighted by Crippen LogP contribution is 2.27. The van der Waals surface area contributed by atoms with E-state index in [9.17, 15) is 23.3 Å². The molecule has 1 aliphatic heterocycles. The van der Waals surface area contributed by atoms with Crippen LogP contribution in [0.15, 0.2) is 29.2 Å². The summed E-state index contributed by atoms with van der Waals surface area (Å²) in [5, 5.41) is 13.6. The van der Waals surface area contributed by atoms with E-state index in [1.807, 2.05) is 13.8 Å². The van der Waals surface area contributed by atoms with Gasteiger partial charge in [-0.2, -0.15) is 4.31 Å². The number of nitro benzene ring substituents is 1. The van der Waals surface area contributed by atoms with E-state index in [2.05, 4.69) is 5.32 Å². The van der Waals surface area contributed by atoms with E-state index in [0.29, 0.717) is 12.8 Å². The molecular weight excluding hydrogens is 358 g/mol. The molecule has 0 saturated carbocycles. The molecule has 144 valence electrons. The van der Waals surface area contributed by atoms with Gasteiger partial charge in [-0.3, -0.25) is 14.9 Å². The Morgan fingerprint density at radius 2 is 2.00 bits per heavy atom. The Labute approximate surface area is 153 Å². The number of benzene rings is 1. The summed E-state index contributed by atoms with van der Waals surface area (Å²) < 4.78 is 27.2. The van der Waals surface area contributed by atoms with E-state index in [1.165, 1.54) is 16.4 Å². The van der Waals surface area contributed by atoms with Crippen molar-refractivity contribution in [2.75, 3.05) is 6.54 Å². The molecule has 2 atom stereocenters. The summed E-state index contributed by atoms with van der Waals surface area (Å²) >= 11 is 0. The Kier molecular flexibility index (Phi) is 6.71. The normalized spacial score (nSPS) is 19.7. The van der Waals surface area contributed by atoms with E-state index in [-0.39, 0.29) is 29.1 Å². The van der Waals surface area contributed by atoms with E-state index >= 15 is 0 Å². The number of piperidine rings is 1. The fourth-order valence-electron chi connectivity index (χ4n) is 3.17. The minimum absolute atomic E-state index is 0.0154. The zero-order chi connectivity index (χ0) is 19.3. The predicted molar refractivity (Wildman–Crippen MR) is 97.1 cm³/mol. The Morgan fingerprint density at radius 3 is 2.58 bits per heavy atom. The van der Waals surface area contributed by atoms with Crippen LogP contribution < -0.4 is 5.32 Å². The smallest absolute Gasteiger partial charge is 0.269 e. The van der Waals surface area contributed by atoms with Crippen LogP contribution in [0.3, 0.4) is 0 Å². The largest absolute Gasteiger partial charge is 0.352 e. The molecular formula is C17H25N3O5S. The average Bonchev–Trinajstić information content (AvgIpc) is 2.62. The molecule has 0 aliphatic carbocycles. The summed E-state index contributed by atoms with van der Waals surface area (Å²) in [5.41, 5.74) is -0.176. The van der Waals surface area contributed by atoms with Gasteiger partial charge in [0, 0.05) is 24.7 Å². The second kappa shape index (κ2) is 8.59. The zero-order valence-electron chi connectivity index (χ0n) is 15.1. The first-order valence-electron chi connectivity index (χ1n) is 8.84. The third-order valence-electron chi connectivity index (χ3n) is 4.52. The lowest BCUT2D eigenvalue weighted by Gasteiger charge is -2.34. The number of sulfonamides is 1. The molecule has 1 heterocycles. The Hall–Kier alpha value is -2.00. The first kappa shape index (κ1) is 20.3. The molecule has 1 aromatic rings. The van der Waals surface area contributed by atoms with Gasteiger partial charge in [0.25, 0.3) is 5.69 Å². The number of hydrogen-bond acceptors (Lipinski definition) is 5. The van der Waals surface area contributed by atoms with Crippen molar-refractivity contribution in [2.45, 2.75) is 62.9 Å². The minimum atomic E-state index is -3.90. The lowest BCUT2D eigenvalue weighted by molar-refractivity contribution is -0.384. The molecule has 1 fully saturated rings. The maximum Gasteiger partial charge on any atom is 0.269 e. The van der Waals surface area contributed by atoms with Crippen molar-refractivity contribution in [2.24, 2.45) is 0 Å². The van der Waals surface area contributed by atoms with Crippen LogP contribution in [0.4, 0.5) is 5.69 Å². The molecule has 1 aliphatic rings. The molecule has 0 radical (unpaired) electrons. The quantitative estimate of drug-likeness (QED) is 0.574. The van der Waals surface area contributed by atoms with Crippen LogP contribution in [-0.4, -0.2) is 42.2 Å². The van der Waals surface area contributed by atoms with Gasteiger partial charge in [0.05, 0.1) is 9.82 Å². The van der Waals surface area contributed by atoms with Crippen molar-refractivity contribution in [3.05, 3.63) is 34.4 Å². The Balaban J connectivity index is 2.24. The predicted octanol–water partition coefficient (Wildman–Crippen LogP) is 2.44. The van der Waals surface area contributed by atoms with Crippen molar-refractivity contribution < 1.29 is 18.1 Å². The monoisotopic (exact) mass is 383 g/mol. The molecule has 26 heavy (non-hydrogen) atoms. The summed E-state index contributed by atoms with van der Waals surface area (Å²) in [6, 6.07) is 4.00. The van der Waals surface area contributed by atoms with Crippen LogP contribution in [0.2, 0.25) is 0 Å². The molecule has 0 aromatic heterocycles. The van der Waals surface area contributed by atoms with Crippen LogP contribution in [0.5, 0.6) is 0 Å². The first-order valence-corrected chi connectivity index (χ1v) is 10.3. The third kappa shape index (κ3) is 4.59. The van der Waals surface area contributed by atoms with Gasteiger partial charge < -0.3 is 5.32 Å². The summed E-state index contributed by atoms with van der Waals surface area (Å²) in [7, 11) is -3.90. The minimum Gasteiger partial charge on any atom is -0.352 e. The SMILES string of the molecule is CCCC(C)NC(=O)C1CCCCN1S(=O)(=O)c1ccc([N+](=O)[O-])cc1. The molecule has 8 nitrogen and oxygen atoms in total. The fourth-order valence-corrected chi connectivity index (χ4v) is 4.83. The first-order chi connectivity index (χ1) is 12.3. The van der Waals surface area contributed by atoms with Crippen molar-refractivity contribution in [1.29, 1.82) is 0 Å². The van der Waals surface area contributed by atoms with Crippen LogP contribution in [0.25, 0.3) is 0 Å². The summed E-state index contributed by atoms with van der Waals surface area (Å²) in [5.74, 6) is -0.281. The van der Waals surface area contributed by atoms with E-state index in [4.69, 9.17) is 0 Å². The molecule has 1 amide bonds. The standard InChI is InChI=1S/C17H25N3O5S/c1-3-6-13(2)18-17(21)16-7-4-5-12-19(16)26(24,25)15-10-8-14(9-11-15)20(22)23/h8-11,13,16H,3-7,12H2,1-2H3,(H,18,21). The number of nitrogens with one attached hydrogen (secondary N) is 1. The topological polar surface area (TPSA) is 110 Å². The van der Waals surface area contributed by atoms with Gasteiger partial charge in [-0.25, -0.2) is 8.42 Å². The number of rotatable bonds is 7. The maximum absolute atomic E-state index is 13.0. The lowest BCUT2D eigenvalue weighted by Crippen LogP contribution is -2.53. The van der Waals surface area contributed by atoms with Crippen molar-refractivity contribution in [1.82, 2.24) is 9.62 Å². The van der Waals surface area contributed by atoms with Gasteiger partial charge in [0.2, 0.25) is 15.9 Å². The van der Waals surface area contributed by atoms with Gasteiger partial charge >= 0.3 is 0 Å². The Morgan fingerprint density at radius 1 is 1.35 bits per heavy atom. The summed E-state index contributed by atoms with van der Waals surface area (Å²) in [4.78, 5) is 22.7. The fraction of sp³-hybridized carbons (Fsp3) is 0.588. The van der Waals surface area contributed by atoms with Crippen LogP contribution in [-0.2, 0) is 14.8 Å². The van der Waals surface area contributed by atoms with E-state index < -0.39 is 21.0 Å². The van der Waals surface area contributed by atoms with Gasteiger partial charge in [0.15, 0.2) is 0 Å². The van der Waals surface area contributed by atoms with Gasteiger partial charge in [-0.1, -0.05) is 19.8 Å². The van der Waals surface area contributed by atoms with Gasteiger partial charge in [-0.05, 0) is 38.3 Å². The van der Waals surface area contributed by atoms with E-state index in [0.717, 1.165) is 31.4 Å². The van der Waals surface area contributed by atoms with Crippen LogP contribution in [0.1, 0.15) is 46.0 Å². The maximum atomic E-state index is 13.0. The number of nitrogens with zero attached hydrogens (tertiary/aromatic N) is 2. The van der Waals surface area contributed by atoms with Crippen molar-refractivity contribution >= 4 is 21.6 Å². The van der Waals surface area contributed by atoms with E-state index in [1.54, 1.807) is 0 Å². The van der Waals surface area contributed by atoms with Crippen LogP contribution >= 0.6 is 0 Å². The number of carbonyl (C=O) groups excluding carboxylic acids is 1. The number of nitro groups is 1. The number of amides is 1. The van der Waals surface area contributed by atoms with Gasteiger partial charge in [0.1, 0.15) is 6.04 Å². The Bertz CT molecular complexity index is 748. The number of carbonyl (C=O) groups is 1. The highest BCUT2D eigenvalue weighted by molar-refractivity contribution is 7.89. The summed E-state index contributed by atoms with van der Waals surface area (Å²) in [6.07, 6.45) is 3.69. The second-order valence-corrected chi connectivity index (χ2v) is 8.47. The lowest BCUT2D eigenvalue weighted by atomic mass is 10.0. The highest BCUT2D eigenvalue weighted by atomic mass is 32.2. The zero-order valence-corrected chi connectivity index (χ0v) is 15.9. The second-order valence-electron chi connectivity index (χ2n) is 6.58. The van der Waals surface area contributed by atoms with Gasteiger partial charge in [-0.15, -0.1) is 0 Å². The molecule has 1 saturated heterocycles. The highest BCUT2D eigenvalue weighted by Gasteiger charge is 2.38. The number of hydrogen-bond donors (Lipinski definition) is 1.